The van der Waals surface area contributed by atoms with Gasteiger partial charge < -0.3 is 0 Å². The Kier molecular flexibility index (Phi) is 3.42. The largest absolute Gasteiger partial charge is 0.272 e. The van der Waals surface area contributed by atoms with Crippen molar-refractivity contribution in [1.82, 2.24) is 0 Å². The average molecular weight is 244 g/mol. The van der Waals surface area contributed by atoms with E-state index < -0.39 is 0 Å². The molecular formula is C9H10BrNO2. The summed E-state index contributed by atoms with van der Waals surface area (Å²) >= 11 is 3.29. The second kappa shape index (κ2) is 4.37. The third-order valence-corrected chi connectivity index (χ3v) is 2.25. The first kappa shape index (κ1) is 10.2. The molecular weight excluding hydrogens is 234 g/mol. The number of hydrogen-bond donors (Lipinski definition) is 0. The monoisotopic (exact) mass is 243 g/mol. The number of benzene rings is 1. The highest BCUT2D eigenvalue weighted by atomic mass is 79.9. The van der Waals surface area contributed by atoms with E-state index in [4.69, 9.17) is 0 Å². The van der Waals surface area contributed by atoms with E-state index in [9.17, 15) is 10.1 Å². The fourth-order valence-corrected chi connectivity index (χ4v) is 1.61. The predicted octanol–water partition coefficient (Wildman–Crippen LogP) is 3.31. The fourth-order valence-electron chi connectivity index (χ4n) is 1.20. The van der Waals surface area contributed by atoms with Crippen LogP contribution >= 0.6 is 15.9 Å². The molecule has 0 radical (unpaired) electrons. The van der Waals surface area contributed by atoms with Crippen LogP contribution in [-0.2, 0) is 6.42 Å². The molecule has 1 rings (SSSR count). The molecule has 0 aliphatic rings. The Hall–Kier alpha value is -0.900. The zero-order valence-corrected chi connectivity index (χ0v) is 8.87. The second-order valence-corrected chi connectivity index (χ2v) is 3.70. The van der Waals surface area contributed by atoms with Gasteiger partial charge in [0.1, 0.15) is 0 Å². The number of rotatable bonds is 3. The minimum absolute atomic E-state index is 0.213. The minimum Gasteiger partial charge on any atom is -0.258 e. The molecule has 0 N–H and O–H groups in total. The lowest BCUT2D eigenvalue weighted by Gasteiger charge is -2.00. The molecule has 0 unspecified atom stereocenters. The maximum Gasteiger partial charge on any atom is 0.272 e. The summed E-state index contributed by atoms with van der Waals surface area (Å²) in [6.07, 6.45) is 1.66. The molecule has 13 heavy (non-hydrogen) atoms. The minimum atomic E-state index is -0.336. The van der Waals surface area contributed by atoms with Crippen LogP contribution in [0, 0.1) is 10.1 Å². The van der Waals surface area contributed by atoms with Crippen molar-refractivity contribution in [2.75, 3.05) is 0 Å². The molecule has 0 aromatic heterocycles. The first-order valence-electron chi connectivity index (χ1n) is 4.08. The maximum atomic E-state index is 10.6. The van der Waals surface area contributed by atoms with Crippen LogP contribution in [0.25, 0.3) is 0 Å². The summed E-state index contributed by atoms with van der Waals surface area (Å²) in [7, 11) is 0. The van der Waals surface area contributed by atoms with E-state index in [1.165, 1.54) is 6.07 Å². The molecule has 0 aliphatic carbocycles. The Labute approximate surface area is 85.0 Å². The van der Waals surface area contributed by atoms with Crippen LogP contribution in [0.4, 0.5) is 5.69 Å². The normalized spacial score (nSPS) is 10.0. The summed E-state index contributed by atoms with van der Waals surface area (Å²) in [6.45, 7) is 2.00. The van der Waals surface area contributed by atoms with Crippen molar-refractivity contribution in [1.29, 1.82) is 0 Å². The van der Waals surface area contributed by atoms with E-state index in [0.29, 0.717) is 0 Å². The predicted molar refractivity (Wildman–Crippen MR) is 54.8 cm³/mol. The van der Waals surface area contributed by atoms with Crippen molar-refractivity contribution in [2.45, 2.75) is 19.8 Å². The first-order valence-corrected chi connectivity index (χ1v) is 4.87. The third kappa shape index (κ3) is 2.52. The molecule has 0 saturated heterocycles. The van der Waals surface area contributed by atoms with Crippen LogP contribution in [0.2, 0.25) is 0 Å². The van der Waals surface area contributed by atoms with Gasteiger partial charge in [-0.1, -0.05) is 29.3 Å². The molecule has 0 amide bonds. The summed E-state index contributed by atoms with van der Waals surface area (Å²) in [6, 6.07) is 5.04. The molecule has 0 atom stereocenters. The lowest BCUT2D eigenvalue weighted by molar-refractivity contribution is -0.385. The van der Waals surface area contributed by atoms with E-state index in [0.717, 1.165) is 22.9 Å². The Bertz CT molecular complexity index is 325. The Morgan fingerprint density at radius 2 is 2.23 bits per heavy atom. The van der Waals surface area contributed by atoms with Crippen LogP contribution < -0.4 is 0 Å². The summed E-state index contributed by atoms with van der Waals surface area (Å²) < 4.78 is 0.890. The molecule has 4 heteroatoms. The highest BCUT2D eigenvalue weighted by Crippen LogP contribution is 2.23. The van der Waals surface area contributed by atoms with E-state index in [1.54, 1.807) is 6.07 Å². The number of nitro groups is 1. The number of halogens is 1. The van der Waals surface area contributed by atoms with E-state index in [1.807, 2.05) is 13.0 Å². The third-order valence-electron chi connectivity index (χ3n) is 1.76. The molecule has 0 bridgehead atoms. The van der Waals surface area contributed by atoms with Crippen molar-refractivity contribution in [3.63, 3.8) is 0 Å². The fraction of sp³-hybridized carbons (Fsp3) is 0.333. The van der Waals surface area contributed by atoms with Gasteiger partial charge in [0.25, 0.3) is 5.69 Å². The summed E-state index contributed by atoms with van der Waals surface area (Å²) in [5, 5.41) is 10.6. The van der Waals surface area contributed by atoms with Crippen molar-refractivity contribution >= 4 is 21.6 Å². The van der Waals surface area contributed by atoms with Gasteiger partial charge in [-0.2, -0.15) is 0 Å². The van der Waals surface area contributed by atoms with Gasteiger partial charge in [0.15, 0.2) is 0 Å². The summed E-state index contributed by atoms with van der Waals surface area (Å²) in [4.78, 5) is 10.3. The average Bonchev–Trinajstić information content (AvgIpc) is 2.04. The van der Waals surface area contributed by atoms with Gasteiger partial charge in [0.05, 0.1) is 4.92 Å². The van der Waals surface area contributed by atoms with Crippen LogP contribution in [-0.4, -0.2) is 4.92 Å². The summed E-state index contributed by atoms with van der Waals surface area (Å²) in [5.74, 6) is 0. The van der Waals surface area contributed by atoms with Crippen LogP contribution in [0.5, 0.6) is 0 Å². The zero-order valence-electron chi connectivity index (χ0n) is 7.29. The van der Waals surface area contributed by atoms with Gasteiger partial charge in [-0.25, -0.2) is 0 Å². The van der Waals surface area contributed by atoms with E-state index in [2.05, 4.69) is 15.9 Å². The van der Waals surface area contributed by atoms with Crippen LogP contribution in [0.3, 0.4) is 0 Å². The molecule has 0 aliphatic heterocycles. The smallest absolute Gasteiger partial charge is 0.258 e. The van der Waals surface area contributed by atoms with Crippen LogP contribution in [0.1, 0.15) is 18.9 Å². The van der Waals surface area contributed by atoms with Gasteiger partial charge in [-0.15, -0.1) is 0 Å². The van der Waals surface area contributed by atoms with Gasteiger partial charge >= 0.3 is 0 Å². The van der Waals surface area contributed by atoms with Crippen molar-refractivity contribution in [3.05, 3.63) is 38.3 Å². The second-order valence-electron chi connectivity index (χ2n) is 2.78. The topological polar surface area (TPSA) is 43.1 Å². The number of nitro benzene ring substituents is 1. The molecule has 1 aromatic carbocycles. The van der Waals surface area contributed by atoms with Gasteiger partial charge in [0.2, 0.25) is 0 Å². The quantitative estimate of drug-likeness (QED) is 0.604. The lowest BCUT2D eigenvalue weighted by Crippen LogP contribution is -1.94. The molecule has 1 aromatic rings. The van der Waals surface area contributed by atoms with Gasteiger partial charge in [0, 0.05) is 16.1 Å². The molecule has 3 nitrogen and oxygen atoms in total. The van der Waals surface area contributed by atoms with Crippen LogP contribution in [0.15, 0.2) is 22.7 Å². The number of hydrogen-bond acceptors (Lipinski definition) is 2. The molecule has 0 saturated carbocycles. The Balaban J connectivity index is 3.10. The van der Waals surface area contributed by atoms with Gasteiger partial charge in [-0.05, 0) is 18.6 Å². The Morgan fingerprint density at radius 1 is 1.54 bits per heavy atom. The Morgan fingerprint density at radius 3 is 2.77 bits per heavy atom. The van der Waals surface area contributed by atoms with Crippen molar-refractivity contribution < 1.29 is 4.92 Å². The SMILES string of the molecule is CCCc1cc(Br)ccc1[N+](=O)[O-]. The molecule has 0 spiro atoms. The van der Waals surface area contributed by atoms with Gasteiger partial charge in [-0.3, -0.25) is 10.1 Å². The number of nitrogens with zero attached hydrogens (tertiary/aromatic N) is 1. The lowest BCUT2D eigenvalue weighted by atomic mass is 10.1. The maximum absolute atomic E-state index is 10.6. The zero-order chi connectivity index (χ0) is 9.84. The highest BCUT2D eigenvalue weighted by molar-refractivity contribution is 9.10. The van der Waals surface area contributed by atoms with Crippen molar-refractivity contribution in [2.24, 2.45) is 0 Å². The molecule has 70 valence electrons. The standard InChI is InChI=1S/C9H10BrNO2/c1-2-3-7-6-8(10)4-5-9(7)11(12)13/h4-6H,2-3H2,1H3. The highest BCUT2D eigenvalue weighted by Gasteiger charge is 2.12. The van der Waals surface area contributed by atoms with Crippen molar-refractivity contribution in [3.8, 4) is 0 Å². The molecule has 0 fully saturated rings. The number of aryl methyl sites for hydroxylation is 1. The summed E-state index contributed by atoms with van der Waals surface area (Å²) in [5.41, 5.74) is 1.01. The molecule has 0 heterocycles. The van der Waals surface area contributed by atoms with E-state index in [-0.39, 0.29) is 10.6 Å². The first-order chi connectivity index (χ1) is 6.15. The van der Waals surface area contributed by atoms with E-state index >= 15 is 0 Å².